The van der Waals surface area contributed by atoms with Gasteiger partial charge in [0.1, 0.15) is 26.2 Å². The molecule has 26 heavy (non-hydrogen) atoms. The van der Waals surface area contributed by atoms with E-state index in [1.807, 2.05) is 0 Å². The van der Waals surface area contributed by atoms with Crippen molar-refractivity contribution in [3.63, 3.8) is 0 Å². The lowest BCUT2D eigenvalue weighted by Crippen LogP contribution is -3.27. The van der Waals surface area contributed by atoms with Crippen LogP contribution in [0.25, 0.3) is 0 Å². The normalized spacial score (nSPS) is 20.0. The summed E-state index contributed by atoms with van der Waals surface area (Å²) in [6, 6.07) is 3.54. The number of likely N-dealkylation sites (N-methyl/N-ethyl adjacent to an activating group) is 1. The van der Waals surface area contributed by atoms with Gasteiger partial charge in [-0.05, 0) is 12.1 Å². The van der Waals surface area contributed by atoms with Crippen LogP contribution in [0.2, 0.25) is 0 Å². The summed E-state index contributed by atoms with van der Waals surface area (Å²) in [6.07, 6.45) is 2.04. The molecule has 0 bridgehead atoms. The minimum Gasteiger partial charge on any atom is -0.493 e. The van der Waals surface area contributed by atoms with E-state index in [9.17, 15) is 4.79 Å². The van der Waals surface area contributed by atoms with Crippen LogP contribution in [0, 0.1) is 0 Å². The first-order valence-electron chi connectivity index (χ1n) is 8.84. The zero-order valence-corrected chi connectivity index (χ0v) is 16.1. The van der Waals surface area contributed by atoms with Gasteiger partial charge in [0.15, 0.2) is 11.5 Å². The van der Waals surface area contributed by atoms with Gasteiger partial charge in [0.05, 0.1) is 47.6 Å². The Kier molecular flexibility index (Phi) is 7.68. The molecule has 0 unspecified atom stereocenters. The fraction of sp³-hybridized carbons (Fsp3) is 0.556. The molecule has 0 spiro atoms. The monoisotopic (exact) mass is 366 g/mol. The molecule has 0 atom stereocenters. The third-order valence-corrected chi connectivity index (χ3v) is 4.61. The van der Waals surface area contributed by atoms with E-state index in [0.29, 0.717) is 23.7 Å². The highest BCUT2D eigenvalue weighted by atomic mass is 16.5. The van der Waals surface area contributed by atoms with Crippen molar-refractivity contribution < 1.29 is 28.8 Å². The van der Waals surface area contributed by atoms with Crippen LogP contribution in [-0.4, -0.2) is 73.2 Å². The molecule has 3 N–H and O–H groups in total. The number of hydrogen-bond acceptors (Lipinski definition) is 5. The highest BCUT2D eigenvalue weighted by Crippen LogP contribution is 2.37. The van der Waals surface area contributed by atoms with Crippen molar-refractivity contribution in [3.8, 4) is 17.2 Å². The molecule has 1 amide bonds. The van der Waals surface area contributed by atoms with Gasteiger partial charge in [-0.1, -0.05) is 0 Å². The molecule has 1 aliphatic heterocycles. The van der Waals surface area contributed by atoms with Gasteiger partial charge in [-0.15, -0.1) is 0 Å². The Hall–Kier alpha value is -2.32. The van der Waals surface area contributed by atoms with Crippen molar-refractivity contribution in [2.45, 2.75) is 6.42 Å². The Morgan fingerprint density at radius 2 is 1.73 bits per heavy atom. The minimum absolute atomic E-state index is 0.0764. The maximum absolute atomic E-state index is 12.0. The average Bonchev–Trinajstić information content (AvgIpc) is 2.66. The van der Waals surface area contributed by atoms with Crippen LogP contribution in [0.3, 0.4) is 0 Å². The summed E-state index contributed by atoms with van der Waals surface area (Å²) in [6.45, 7) is 5.41. The summed E-state index contributed by atoms with van der Waals surface area (Å²) in [5.41, 5.74) is 3.33. The van der Waals surface area contributed by atoms with Gasteiger partial charge < -0.3 is 24.0 Å². The average molecular weight is 366 g/mol. The molecule has 1 aromatic carbocycles. The summed E-state index contributed by atoms with van der Waals surface area (Å²) in [4.78, 5) is 15.0. The molecular formula is C18H30N4O4+2. The van der Waals surface area contributed by atoms with E-state index in [0.717, 1.165) is 38.3 Å². The highest BCUT2D eigenvalue weighted by molar-refractivity contribution is 5.84. The lowest BCUT2D eigenvalue weighted by Gasteiger charge is -2.26. The van der Waals surface area contributed by atoms with Crippen molar-refractivity contribution >= 4 is 12.1 Å². The Labute approximate surface area is 154 Å². The van der Waals surface area contributed by atoms with Crippen molar-refractivity contribution in [1.82, 2.24) is 5.43 Å². The number of amides is 1. The largest absolute Gasteiger partial charge is 0.493 e. The predicted molar refractivity (Wildman–Crippen MR) is 98.6 cm³/mol. The number of benzene rings is 1. The van der Waals surface area contributed by atoms with E-state index in [1.165, 1.54) is 4.90 Å². The minimum atomic E-state index is -0.0764. The van der Waals surface area contributed by atoms with Crippen LogP contribution in [0.5, 0.6) is 17.2 Å². The summed E-state index contributed by atoms with van der Waals surface area (Å²) < 4.78 is 15.9. The molecule has 1 heterocycles. The molecule has 2 rings (SSSR count). The van der Waals surface area contributed by atoms with Crippen molar-refractivity contribution in [2.24, 2.45) is 5.10 Å². The quantitative estimate of drug-likeness (QED) is 0.366. The van der Waals surface area contributed by atoms with Crippen LogP contribution in [0.1, 0.15) is 12.0 Å². The number of carbonyl (C=O) groups excluding carboxylic acids is 1. The van der Waals surface area contributed by atoms with Crippen LogP contribution in [-0.2, 0) is 4.79 Å². The molecule has 0 radical (unpaired) electrons. The molecule has 0 saturated carbocycles. The molecule has 8 nitrogen and oxygen atoms in total. The first kappa shape index (κ1) is 20.0. The molecule has 1 aliphatic rings. The number of nitrogens with one attached hydrogen (secondary N) is 3. The van der Waals surface area contributed by atoms with E-state index in [2.05, 4.69) is 17.6 Å². The zero-order chi connectivity index (χ0) is 18.9. The van der Waals surface area contributed by atoms with Crippen LogP contribution >= 0.6 is 0 Å². The van der Waals surface area contributed by atoms with Crippen molar-refractivity contribution in [3.05, 3.63) is 17.7 Å². The Bertz CT molecular complexity index is 603. The lowest BCUT2D eigenvalue weighted by atomic mass is 10.2. The number of carbonyl (C=O) groups is 1. The zero-order valence-electron chi connectivity index (χ0n) is 16.1. The number of piperazine rings is 1. The molecule has 1 saturated heterocycles. The summed E-state index contributed by atoms with van der Waals surface area (Å²) in [7, 11) is 6.88. The maximum atomic E-state index is 12.0. The fourth-order valence-electron chi connectivity index (χ4n) is 2.98. The molecular weight excluding hydrogens is 336 g/mol. The lowest BCUT2D eigenvalue weighted by molar-refractivity contribution is -1.00. The van der Waals surface area contributed by atoms with E-state index in [-0.39, 0.29) is 5.91 Å². The third kappa shape index (κ3) is 5.60. The van der Waals surface area contributed by atoms with Crippen molar-refractivity contribution in [2.75, 3.05) is 61.1 Å². The first-order chi connectivity index (χ1) is 12.6. The van der Waals surface area contributed by atoms with Gasteiger partial charge in [-0.3, -0.25) is 4.79 Å². The number of nitrogens with zero attached hydrogens (tertiary/aromatic N) is 1. The number of hydrogen-bond donors (Lipinski definition) is 3. The van der Waals surface area contributed by atoms with Gasteiger partial charge in [-0.25, -0.2) is 5.43 Å². The second-order valence-corrected chi connectivity index (χ2v) is 6.46. The molecule has 144 valence electrons. The number of methoxy groups -OCH3 is 3. The first-order valence-corrected chi connectivity index (χ1v) is 8.84. The van der Waals surface area contributed by atoms with Gasteiger partial charge >= 0.3 is 0 Å². The Morgan fingerprint density at radius 3 is 2.27 bits per heavy atom. The number of rotatable bonds is 8. The van der Waals surface area contributed by atoms with E-state index in [1.54, 1.807) is 44.6 Å². The second-order valence-electron chi connectivity index (χ2n) is 6.46. The highest BCUT2D eigenvalue weighted by Gasteiger charge is 2.20. The van der Waals surface area contributed by atoms with Crippen LogP contribution in [0.4, 0.5) is 0 Å². The SMILES string of the molecule is COc1cc(/C=N\NC(=O)CC[NH+]2CC[NH+](C)CC2)cc(OC)c1OC. The molecule has 8 heteroatoms. The smallest absolute Gasteiger partial charge is 0.245 e. The second kappa shape index (κ2) is 9.98. The summed E-state index contributed by atoms with van der Waals surface area (Å²) in [5, 5.41) is 4.03. The molecule has 1 aromatic rings. The number of ether oxygens (including phenoxy) is 3. The van der Waals surface area contributed by atoms with Gasteiger partial charge in [0.25, 0.3) is 0 Å². The summed E-state index contributed by atoms with van der Waals surface area (Å²) in [5.74, 6) is 1.53. The molecule has 0 aromatic heterocycles. The van der Waals surface area contributed by atoms with E-state index >= 15 is 0 Å². The Morgan fingerprint density at radius 1 is 1.12 bits per heavy atom. The molecule has 0 aliphatic carbocycles. The van der Waals surface area contributed by atoms with Crippen LogP contribution < -0.4 is 29.4 Å². The van der Waals surface area contributed by atoms with Gasteiger partial charge in [0, 0.05) is 5.56 Å². The predicted octanol–water partition coefficient (Wildman–Crippen LogP) is -2.03. The standard InChI is InChI=1S/C18H28N4O4/c1-21-7-9-22(10-8-21)6-5-17(23)20-19-13-14-11-15(24-2)18(26-4)16(12-14)25-3/h11-13H,5-10H2,1-4H3,(H,20,23)/p+2/b19-13-. The molecule has 1 fully saturated rings. The third-order valence-electron chi connectivity index (χ3n) is 4.61. The van der Waals surface area contributed by atoms with Crippen LogP contribution in [0.15, 0.2) is 17.2 Å². The summed E-state index contributed by atoms with van der Waals surface area (Å²) >= 11 is 0. The number of quaternary nitrogens is 2. The fourth-order valence-corrected chi connectivity index (χ4v) is 2.98. The van der Waals surface area contributed by atoms with Gasteiger partial charge in [-0.2, -0.15) is 5.10 Å². The Balaban J connectivity index is 1.86. The van der Waals surface area contributed by atoms with E-state index in [4.69, 9.17) is 14.2 Å². The van der Waals surface area contributed by atoms with E-state index < -0.39 is 0 Å². The van der Waals surface area contributed by atoms with Crippen molar-refractivity contribution in [1.29, 1.82) is 0 Å². The van der Waals surface area contributed by atoms with Gasteiger partial charge in [0.2, 0.25) is 11.7 Å². The topological polar surface area (TPSA) is 78.0 Å². The maximum Gasteiger partial charge on any atom is 0.245 e. The number of hydrazone groups is 1.